The Balaban J connectivity index is 2.02. The molecule has 0 fully saturated rings. The Hall–Kier alpha value is -2.69. The molecule has 10 heteroatoms. The Bertz CT molecular complexity index is 1170. The molecule has 0 unspecified atom stereocenters. The summed E-state index contributed by atoms with van der Waals surface area (Å²) in [5, 5.41) is 21.6. The quantitative estimate of drug-likeness (QED) is 0.187. The molecule has 3 N–H and O–H groups in total. The maximum atomic E-state index is 13.5. The number of hydrogen-bond donors (Lipinski definition) is 3. The fourth-order valence-electron chi connectivity index (χ4n) is 5.29. The van der Waals surface area contributed by atoms with E-state index in [-0.39, 0.29) is 54.9 Å². The highest BCUT2D eigenvalue weighted by Crippen LogP contribution is 2.26. The largest absolute Gasteiger partial charge is 0.393 e. The van der Waals surface area contributed by atoms with E-state index in [1.807, 2.05) is 70.3 Å². The number of carbonyl (C=O) groups is 3. The normalized spacial score (nSPS) is 15.1. The third-order valence-electron chi connectivity index (χ3n) is 7.83. The summed E-state index contributed by atoms with van der Waals surface area (Å²) in [5.74, 6) is -0.538. The van der Waals surface area contributed by atoms with Crippen molar-refractivity contribution in [2.75, 3.05) is 12.0 Å². The second-order valence-electron chi connectivity index (χ2n) is 12.7. The minimum Gasteiger partial charge on any atom is -0.393 e. The number of aryl methyl sites for hydroxylation is 2. The summed E-state index contributed by atoms with van der Waals surface area (Å²) in [7, 11) is 0. The number of ether oxygens (including phenoxy) is 1. The van der Waals surface area contributed by atoms with Gasteiger partial charge in [-0.15, -0.1) is 0 Å². The van der Waals surface area contributed by atoms with Crippen molar-refractivity contribution < 1.29 is 24.2 Å². The summed E-state index contributed by atoms with van der Waals surface area (Å²) >= 11 is 1.66. The molecule has 0 aliphatic rings. The van der Waals surface area contributed by atoms with Crippen molar-refractivity contribution >= 4 is 29.4 Å². The molecule has 0 bridgehead atoms. The van der Waals surface area contributed by atoms with Gasteiger partial charge in [0.05, 0.1) is 11.8 Å². The molecule has 0 saturated heterocycles. The minimum absolute atomic E-state index is 0.0441. The van der Waals surface area contributed by atoms with Gasteiger partial charge in [-0.05, 0) is 74.5 Å². The molecule has 0 aliphatic carbocycles. The molecule has 0 radical (unpaired) electrons. The maximum absolute atomic E-state index is 13.5. The Morgan fingerprint density at radius 3 is 2.27 bits per heavy atom. The summed E-state index contributed by atoms with van der Waals surface area (Å²) < 4.78 is 7.83. The third kappa shape index (κ3) is 12.7. The fourth-order valence-corrected chi connectivity index (χ4v) is 5.74. The Morgan fingerprint density at radius 1 is 1.02 bits per heavy atom. The van der Waals surface area contributed by atoms with Crippen LogP contribution in [-0.4, -0.2) is 62.7 Å². The molecule has 5 atom stereocenters. The number of nitrogens with one attached hydrogen (secondary N) is 2. The minimum atomic E-state index is -0.858. The van der Waals surface area contributed by atoms with Crippen LogP contribution in [0, 0.1) is 37.5 Å². The van der Waals surface area contributed by atoms with Crippen molar-refractivity contribution in [2.45, 2.75) is 106 Å². The SMILES string of the molecule is CSCC[C@H](OCn1nc(C)cc1C)C(=O)C[C@@H](CC(C)C)[C@@H](O)C[C@@H](C)C(=O)N[C@H](C(=O)NCc1ccccc1)C(C)C. The van der Waals surface area contributed by atoms with Crippen molar-refractivity contribution in [1.29, 1.82) is 0 Å². The van der Waals surface area contributed by atoms with Crippen LogP contribution in [0.5, 0.6) is 0 Å². The lowest BCUT2D eigenvalue weighted by Crippen LogP contribution is -2.51. The zero-order chi connectivity index (χ0) is 32.8. The lowest BCUT2D eigenvalue weighted by Gasteiger charge is -2.29. The van der Waals surface area contributed by atoms with Gasteiger partial charge in [-0.3, -0.25) is 14.4 Å². The average molecular weight is 631 g/mol. The van der Waals surface area contributed by atoms with E-state index in [0.29, 0.717) is 19.4 Å². The lowest BCUT2D eigenvalue weighted by atomic mass is 9.83. The first kappa shape index (κ1) is 37.5. The van der Waals surface area contributed by atoms with E-state index in [2.05, 4.69) is 29.6 Å². The molecule has 1 aromatic heterocycles. The predicted molar refractivity (Wildman–Crippen MR) is 177 cm³/mol. The van der Waals surface area contributed by atoms with Crippen LogP contribution in [0.2, 0.25) is 0 Å². The predicted octanol–water partition coefficient (Wildman–Crippen LogP) is 5.06. The molecule has 2 amide bonds. The molecule has 2 aromatic rings. The van der Waals surface area contributed by atoms with E-state index in [0.717, 1.165) is 22.7 Å². The number of aromatic nitrogens is 2. The molecule has 9 nitrogen and oxygen atoms in total. The molecule has 0 saturated carbocycles. The number of thioether (sulfide) groups is 1. The lowest BCUT2D eigenvalue weighted by molar-refractivity contribution is -0.136. The first-order valence-corrected chi connectivity index (χ1v) is 17.2. The summed E-state index contributed by atoms with van der Waals surface area (Å²) in [6, 6.07) is 10.9. The van der Waals surface area contributed by atoms with Crippen LogP contribution < -0.4 is 10.6 Å². The number of nitrogens with zero attached hydrogens (tertiary/aromatic N) is 2. The zero-order valence-corrected chi connectivity index (χ0v) is 28.7. The van der Waals surface area contributed by atoms with Gasteiger partial charge in [-0.2, -0.15) is 16.9 Å². The van der Waals surface area contributed by atoms with E-state index in [9.17, 15) is 19.5 Å². The molecule has 0 aliphatic heterocycles. The van der Waals surface area contributed by atoms with Crippen LogP contribution in [0.3, 0.4) is 0 Å². The first-order valence-electron chi connectivity index (χ1n) is 15.8. The van der Waals surface area contributed by atoms with Gasteiger partial charge in [-0.1, -0.05) is 65.0 Å². The van der Waals surface area contributed by atoms with Crippen LogP contribution in [0.25, 0.3) is 0 Å². The number of benzene rings is 1. The van der Waals surface area contributed by atoms with Crippen LogP contribution in [0.4, 0.5) is 0 Å². The van der Waals surface area contributed by atoms with Crippen molar-refractivity contribution in [3.63, 3.8) is 0 Å². The van der Waals surface area contributed by atoms with E-state index in [4.69, 9.17) is 4.74 Å². The van der Waals surface area contributed by atoms with E-state index < -0.39 is 24.2 Å². The summed E-state index contributed by atoms with van der Waals surface area (Å²) in [4.78, 5) is 39.7. The number of hydrogen-bond acceptors (Lipinski definition) is 7. The number of aliphatic hydroxyl groups excluding tert-OH is 1. The molecule has 1 aromatic carbocycles. The Labute approximate surface area is 268 Å². The van der Waals surface area contributed by atoms with Crippen LogP contribution in [-0.2, 0) is 32.4 Å². The highest BCUT2D eigenvalue weighted by Gasteiger charge is 2.32. The number of carbonyl (C=O) groups excluding carboxylic acids is 3. The van der Waals surface area contributed by atoms with Crippen molar-refractivity contribution in [3.05, 3.63) is 53.3 Å². The van der Waals surface area contributed by atoms with Gasteiger partial charge in [0.25, 0.3) is 0 Å². The van der Waals surface area contributed by atoms with Gasteiger partial charge < -0.3 is 20.5 Å². The van der Waals surface area contributed by atoms with E-state index >= 15 is 0 Å². The maximum Gasteiger partial charge on any atom is 0.243 e. The van der Waals surface area contributed by atoms with Crippen molar-refractivity contribution in [1.82, 2.24) is 20.4 Å². The van der Waals surface area contributed by atoms with Gasteiger partial charge in [0, 0.05) is 24.6 Å². The number of ketones is 1. The molecule has 246 valence electrons. The van der Waals surface area contributed by atoms with E-state index in [1.165, 1.54) is 0 Å². The van der Waals surface area contributed by atoms with E-state index in [1.54, 1.807) is 23.4 Å². The molecular formula is C34H54N4O5S. The first-order chi connectivity index (χ1) is 20.8. The molecule has 1 heterocycles. The van der Waals surface area contributed by atoms with Crippen LogP contribution in [0.15, 0.2) is 36.4 Å². The zero-order valence-electron chi connectivity index (χ0n) is 27.8. The molecule has 2 rings (SSSR count). The smallest absolute Gasteiger partial charge is 0.243 e. The highest BCUT2D eigenvalue weighted by molar-refractivity contribution is 7.98. The topological polar surface area (TPSA) is 123 Å². The van der Waals surface area contributed by atoms with Gasteiger partial charge in [-0.25, -0.2) is 4.68 Å². The van der Waals surface area contributed by atoms with Gasteiger partial charge >= 0.3 is 0 Å². The number of Topliss-reactive ketones (excluding diaryl/α,β-unsaturated/α-hetero) is 1. The number of amides is 2. The third-order valence-corrected chi connectivity index (χ3v) is 8.47. The number of aliphatic hydroxyl groups is 1. The molecule has 0 spiro atoms. The molecule has 44 heavy (non-hydrogen) atoms. The Kier molecular flexibility index (Phi) is 16.2. The summed E-state index contributed by atoms with van der Waals surface area (Å²) in [6.45, 7) is 14.1. The highest BCUT2D eigenvalue weighted by atomic mass is 32.2. The Morgan fingerprint density at radius 2 is 1.70 bits per heavy atom. The van der Waals surface area contributed by atoms with Gasteiger partial charge in [0.1, 0.15) is 18.9 Å². The summed E-state index contributed by atoms with van der Waals surface area (Å²) in [5.41, 5.74) is 2.83. The summed E-state index contributed by atoms with van der Waals surface area (Å²) in [6.07, 6.45) is 2.11. The van der Waals surface area contributed by atoms with Crippen molar-refractivity contribution in [2.24, 2.45) is 23.7 Å². The van der Waals surface area contributed by atoms with Crippen LogP contribution >= 0.6 is 11.8 Å². The monoisotopic (exact) mass is 630 g/mol. The van der Waals surface area contributed by atoms with Crippen molar-refractivity contribution in [3.8, 4) is 0 Å². The average Bonchev–Trinajstić information content (AvgIpc) is 3.30. The van der Waals surface area contributed by atoms with Gasteiger partial charge in [0.15, 0.2) is 5.78 Å². The standard InChI is InChI=1S/C34H54N4O5S/c1-22(2)16-28(19-30(40)31(14-15-44-8)43-21-38-26(7)18-25(6)37-38)29(39)17-24(5)33(41)36-32(23(3)4)34(42)35-20-27-12-10-9-11-13-27/h9-13,18,22-24,28-29,31-32,39H,14-17,19-21H2,1-8H3,(H,35,42)(H,36,41)/t24-,28-,29+,31+,32+/m1/s1. The van der Waals surface area contributed by atoms with Gasteiger partial charge in [0.2, 0.25) is 11.8 Å². The number of rotatable bonds is 20. The second kappa shape index (κ2) is 19.0. The second-order valence-corrected chi connectivity index (χ2v) is 13.7. The van der Waals surface area contributed by atoms with Crippen LogP contribution in [0.1, 0.15) is 77.3 Å². The molecular weight excluding hydrogens is 576 g/mol. The fraction of sp³-hybridized carbons (Fsp3) is 0.647.